The Labute approximate surface area is 131 Å². The summed E-state index contributed by atoms with van der Waals surface area (Å²) in [6.45, 7) is 5.74. The molecule has 2 fully saturated rings. The van der Waals surface area contributed by atoms with Crippen LogP contribution >= 0.6 is 0 Å². The van der Waals surface area contributed by atoms with Crippen LogP contribution in [0.4, 0.5) is 5.82 Å². The maximum Gasteiger partial charge on any atom is 0.230 e. The molecule has 6 heteroatoms. The topological polar surface area (TPSA) is 58.6 Å². The number of anilines is 1. The van der Waals surface area contributed by atoms with Gasteiger partial charge in [-0.2, -0.15) is 0 Å². The van der Waals surface area contributed by atoms with Crippen molar-refractivity contribution in [3.8, 4) is 0 Å². The SMILES string of the molecule is COCCN1CCC[C@]2(CCN(c3cncc(C)n3)C2)C1=O. The molecule has 2 saturated heterocycles. The van der Waals surface area contributed by atoms with Gasteiger partial charge in [0.25, 0.3) is 0 Å². The molecule has 1 aromatic rings. The lowest BCUT2D eigenvalue weighted by Crippen LogP contribution is -2.51. The molecule has 0 bridgehead atoms. The summed E-state index contributed by atoms with van der Waals surface area (Å²) in [6.07, 6.45) is 6.51. The molecular weight excluding hydrogens is 280 g/mol. The van der Waals surface area contributed by atoms with E-state index in [9.17, 15) is 4.79 Å². The maximum atomic E-state index is 12.9. The lowest BCUT2D eigenvalue weighted by molar-refractivity contribution is -0.145. The van der Waals surface area contributed by atoms with Crippen LogP contribution in [0.3, 0.4) is 0 Å². The van der Waals surface area contributed by atoms with Crippen molar-refractivity contribution < 1.29 is 9.53 Å². The fourth-order valence-corrected chi connectivity index (χ4v) is 3.62. The van der Waals surface area contributed by atoms with Gasteiger partial charge < -0.3 is 14.5 Å². The van der Waals surface area contributed by atoms with E-state index < -0.39 is 0 Å². The molecule has 3 rings (SSSR count). The van der Waals surface area contributed by atoms with Crippen LogP contribution in [0.5, 0.6) is 0 Å². The molecule has 0 saturated carbocycles. The monoisotopic (exact) mass is 304 g/mol. The van der Waals surface area contributed by atoms with Crippen molar-refractivity contribution in [2.75, 3.05) is 44.8 Å². The second kappa shape index (κ2) is 6.20. The summed E-state index contributed by atoms with van der Waals surface area (Å²) >= 11 is 0. The third kappa shape index (κ3) is 2.79. The highest BCUT2D eigenvalue weighted by Crippen LogP contribution is 2.41. The van der Waals surface area contributed by atoms with Gasteiger partial charge in [0.15, 0.2) is 0 Å². The van der Waals surface area contributed by atoms with E-state index in [1.165, 1.54) is 0 Å². The molecule has 1 atom stereocenters. The lowest BCUT2D eigenvalue weighted by Gasteiger charge is -2.39. The van der Waals surface area contributed by atoms with Gasteiger partial charge in [-0.25, -0.2) is 4.98 Å². The normalized spacial score (nSPS) is 25.3. The molecule has 0 aromatic carbocycles. The van der Waals surface area contributed by atoms with Gasteiger partial charge in [-0.1, -0.05) is 0 Å². The molecule has 0 N–H and O–H groups in total. The van der Waals surface area contributed by atoms with Crippen molar-refractivity contribution in [3.05, 3.63) is 18.1 Å². The Balaban J connectivity index is 1.73. The van der Waals surface area contributed by atoms with Crippen LogP contribution in [-0.2, 0) is 9.53 Å². The summed E-state index contributed by atoms with van der Waals surface area (Å²) in [5.41, 5.74) is 0.673. The van der Waals surface area contributed by atoms with Crippen molar-refractivity contribution >= 4 is 11.7 Å². The van der Waals surface area contributed by atoms with Gasteiger partial charge in [0, 0.05) is 39.5 Å². The summed E-state index contributed by atoms with van der Waals surface area (Å²) in [7, 11) is 1.68. The number of amides is 1. The van der Waals surface area contributed by atoms with Crippen LogP contribution in [0.15, 0.2) is 12.4 Å². The summed E-state index contributed by atoms with van der Waals surface area (Å²) in [4.78, 5) is 25.8. The minimum Gasteiger partial charge on any atom is -0.383 e. The van der Waals surface area contributed by atoms with Crippen LogP contribution in [0, 0.1) is 12.3 Å². The number of aryl methyl sites for hydroxylation is 1. The Morgan fingerprint density at radius 1 is 1.32 bits per heavy atom. The Morgan fingerprint density at radius 3 is 2.95 bits per heavy atom. The Hall–Kier alpha value is -1.69. The average Bonchev–Trinajstić information content (AvgIpc) is 2.94. The van der Waals surface area contributed by atoms with E-state index in [4.69, 9.17) is 4.74 Å². The summed E-state index contributed by atoms with van der Waals surface area (Å²) in [6, 6.07) is 0. The average molecular weight is 304 g/mol. The minimum atomic E-state index is -0.239. The van der Waals surface area contributed by atoms with Gasteiger partial charge in [-0.15, -0.1) is 0 Å². The number of likely N-dealkylation sites (tertiary alicyclic amines) is 1. The fourth-order valence-electron chi connectivity index (χ4n) is 3.62. The Bertz CT molecular complexity index is 551. The van der Waals surface area contributed by atoms with Crippen LogP contribution < -0.4 is 4.90 Å². The molecule has 1 spiro atoms. The van der Waals surface area contributed by atoms with Gasteiger partial charge in [0.2, 0.25) is 5.91 Å². The van der Waals surface area contributed by atoms with E-state index in [0.717, 1.165) is 50.4 Å². The number of carbonyl (C=O) groups is 1. The Kier molecular flexibility index (Phi) is 4.29. The van der Waals surface area contributed by atoms with E-state index in [1.807, 2.05) is 11.8 Å². The van der Waals surface area contributed by atoms with E-state index in [1.54, 1.807) is 19.5 Å². The third-order valence-electron chi connectivity index (χ3n) is 4.81. The van der Waals surface area contributed by atoms with Gasteiger partial charge in [-0.3, -0.25) is 9.78 Å². The van der Waals surface area contributed by atoms with Crippen molar-refractivity contribution in [1.29, 1.82) is 0 Å². The number of nitrogens with zero attached hydrogens (tertiary/aromatic N) is 4. The highest BCUT2D eigenvalue weighted by Gasteiger charge is 2.48. The zero-order valence-electron chi connectivity index (χ0n) is 13.4. The molecule has 3 heterocycles. The zero-order valence-corrected chi connectivity index (χ0v) is 13.4. The molecule has 1 amide bonds. The molecule has 2 aliphatic rings. The lowest BCUT2D eigenvalue weighted by atomic mass is 9.78. The van der Waals surface area contributed by atoms with Crippen molar-refractivity contribution in [1.82, 2.24) is 14.9 Å². The maximum absolute atomic E-state index is 12.9. The largest absolute Gasteiger partial charge is 0.383 e. The summed E-state index contributed by atoms with van der Waals surface area (Å²) < 4.78 is 5.13. The smallest absolute Gasteiger partial charge is 0.230 e. The number of ether oxygens (including phenoxy) is 1. The highest BCUT2D eigenvalue weighted by atomic mass is 16.5. The van der Waals surface area contributed by atoms with Crippen LogP contribution in [0.25, 0.3) is 0 Å². The first-order valence-electron chi connectivity index (χ1n) is 7.96. The first-order chi connectivity index (χ1) is 10.6. The number of rotatable bonds is 4. The van der Waals surface area contributed by atoms with Gasteiger partial charge in [0.1, 0.15) is 5.82 Å². The van der Waals surface area contributed by atoms with Crippen LogP contribution in [0.1, 0.15) is 25.0 Å². The van der Waals surface area contributed by atoms with Gasteiger partial charge >= 0.3 is 0 Å². The molecule has 0 unspecified atom stereocenters. The van der Waals surface area contributed by atoms with E-state index in [-0.39, 0.29) is 5.41 Å². The molecule has 120 valence electrons. The summed E-state index contributed by atoms with van der Waals surface area (Å²) in [5, 5.41) is 0. The first-order valence-corrected chi connectivity index (χ1v) is 7.96. The number of hydrogen-bond acceptors (Lipinski definition) is 5. The Morgan fingerprint density at radius 2 is 2.18 bits per heavy atom. The molecule has 0 radical (unpaired) electrons. The molecule has 0 aliphatic carbocycles. The number of hydrogen-bond donors (Lipinski definition) is 0. The van der Waals surface area contributed by atoms with E-state index >= 15 is 0 Å². The van der Waals surface area contributed by atoms with Crippen molar-refractivity contribution in [2.24, 2.45) is 5.41 Å². The number of methoxy groups -OCH3 is 1. The number of aromatic nitrogens is 2. The standard InChI is InChI=1S/C16H24N4O2/c1-13-10-17-11-14(18-13)20-7-5-16(12-20)4-3-6-19(15(16)21)8-9-22-2/h10-11H,3-9,12H2,1-2H3/t16-/m1/s1. The minimum absolute atomic E-state index is 0.239. The molecule has 2 aliphatic heterocycles. The second-order valence-corrected chi connectivity index (χ2v) is 6.36. The second-order valence-electron chi connectivity index (χ2n) is 6.36. The molecule has 1 aromatic heterocycles. The predicted octanol–water partition coefficient (Wildman–Crippen LogP) is 1.25. The third-order valence-corrected chi connectivity index (χ3v) is 4.81. The number of carbonyl (C=O) groups excluding carboxylic acids is 1. The molecule has 22 heavy (non-hydrogen) atoms. The summed E-state index contributed by atoms with van der Waals surface area (Å²) in [5.74, 6) is 1.18. The van der Waals surface area contributed by atoms with E-state index in [0.29, 0.717) is 19.1 Å². The van der Waals surface area contributed by atoms with Crippen LogP contribution in [-0.4, -0.2) is 60.7 Å². The zero-order chi connectivity index (χ0) is 15.6. The van der Waals surface area contributed by atoms with Crippen LogP contribution in [0.2, 0.25) is 0 Å². The molecular formula is C16H24N4O2. The van der Waals surface area contributed by atoms with Gasteiger partial charge in [-0.05, 0) is 26.2 Å². The van der Waals surface area contributed by atoms with Gasteiger partial charge in [0.05, 0.1) is 23.9 Å². The van der Waals surface area contributed by atoms with Crippen molar-refractivity contribution in [3.63, 3.8) is 0 Å². The van der Waals surface area contributed by atoms with Crippen molar-refractivity contribution in [2.45, 2.75) is 26.2 Å². The van der Waals surface area contributed by atoms with E-state index in [2.05, 4.69) is 14.9 Å². The first kappa shape index (κ1) is 15.2. The quantitative estimate of drug-likeness (QED) is 0.838. The number of piperidine rings is 1. The predicted molar refractivity (Wildman–Crippen MR) is 83.7 cm³/mol. The molecule has 6 nitrogen and oxygen atoms in total. The fraction of sp³-hybridized carbons (Fsp3) is 0.688. The highest BCUT2D eigenvalue weighted by molar-refractivity contribution is 5.85.